The van der Waals surface area contributed by atoms with Gasteiger partial charge in [-0.15, -0.1) is 0 Å². The summed E-state index contributed by atoms with van der Waals surface area (Å²) in [6, 6.07) is 7.26. The molecule has 1 saturated heterocycles. The number of carbonyl (C=O) groups excluding carboxylic acids is 2. The van der Waals surface area contributed by atoms with Gasteiger partial charge in [-0.05, 0) is 31.9 Å². The van der Waals surface area contributed by atoms with Crippen molar-refractivity contribution in [1.82, 2.24) is 20.4 Å². The number of amides is 2. The van der Waals surface area contributed by atoms with Crippen LogP contribution in [0.4, 0.5) is 0 Å². The van der Waals surface area contributed by atoms with Crippen molar-refractivity contribution in [2.24, 2.45) is 0 Å². The molecule has 0 aliphatic carbocycles. The van der Waals surface area contributed by atoms with E-state index in [0.29, 0.717) is 24.5 Å². The molecular weight excluding hydrogens is 308 g/mol. The van der Waals surface area contributed by atoms with Crippen molar-refractivity contribution in [3.05, 3.63) is 47.1 Å². The monoisotopic (exact) mass is 328 g/mol. The molecule has 3 rings (SSSR count). The molecule has 1 unspecified atom stereocenters. The third kappa shape index (κ3) is 3.45. The van der Waals surface area contributed by atoms with Gasteiger partial charge in [0.2, 0.25) is 5.91 Å². The predicted octanol–water partition coefficient (Wildman–Crippen LogP) is 1.99. The molecule has 1 aliphatic heterocycles. The molecule has 24 heavy (non-hydrogen) atoms. The second-order valence-corrected chi connectivity index (χ2v) is 5.94. The number of likely N-dealkylation sites (tertiary alicyclic amines) is 1. The first-order valence-corrected chi connectivity index (χ1v) is 7.99. The lowest BCUT2D eigenvalue weighted by atomic mass is 10.1. The molecule has 7 heteroatoms. The van der Waals surface area contributed by atoms with Gasteiger partial charge < -0.3 is 14.7 Å². The van der Waals surface area contributed by atoms with Gasteiger partial charge in [0.25, 0.3) is 5.91 Å². The molecule has 2 amide bonds. The molecule has 0 radical (unpaired) electrons. The first-order chi connectivity index (χ1) is 11.5. The van der Waals surface area contributed by atoms with Gasteiger partial charge in [0.15, 0.2) is 5.69 Å². The SMILES string of the molecule is CC(=O)NCc1cccc(C2CCCN2C(=O)c2cc(C)on2)n1. The Morgan fingerprint density at radius 3 is 2.96 bits per heavy atom. The third-order valence-electron chi connectivity index (χ3n) is 4.05. The standard InChI is InChI=1S/C17H20N4O3/c1-11-9-15(20-24-11)17(23)21-8-4-7-16(21)14-6-3-5-13(19-14)10-18-12(2)22/h3,5-6,9,16H,4,7-8,10H2,1-2H3,(H,18,22). The van der Waals surface area contributed by atoms with Crippen LogP contribution in [0.15, 0.2) is 28.8 Å². The van der Waals surface area contributed by atoms with E-state index in [9.17, 15) is 9.59 Å². The number of pyridine rings is 1. The Bertz CT molecular complexity index is 756. The molecule has 1 N–H and O–H groups in total. The largest absolute Gasteiger partial charge is 0.361 e. The number of aryl methyl sites for hydroxylation is 1. The average Bonchev–Trinajstić information content (AvgIpc) is 3.21. The highest BCUT2D eigenvalue weighted by atomic mass is 16.5. The molecule has 0 saturated carbocycles. The molecule has 126 valence electrons. The van der Waals surface area contributed by atoms with E-state index in [1.165, 1.54) is 6.92 Å². The topological polar surface area (TPSA) is 88.3 Å². The average molecular weight is 328 g/mol. The number of nitrogens with zero attached hydrogens (tertiary/aromatic N) is 3. The lowest BCUT2D eigenvalue weighted by Crippen LogP contribution is -2.31. The van der Waals surface area contributed by atoms with Gasteiger partial charge in [-0.1, -0.05) is 11.2 Å². The van der Waals surface area contributed by atoms with E-state index in [-0.39, 0.29) is 17.9 Å². The lowest BCUT2D eigenvalue weighted by Gasteiger charge is -2.23. The molecule has 3 heterocycles. The summed E-state index contributed by atoms with van der Waals surface area (Å²) in [5.74, 6) is 0.384. The van der Waals surface area contributed by atoms with E-state index < -0.39 is 0 Å². The summed E-state index contributed by atoms with van der Waals surface area (Å²) in [7, 11) is 0. The Hall–Kier alpha value is -2.70. The molecule has 1 aliphatic rings. The van der Waals surface area contributed by atoms with Crippen LogP contribution in [-0.4, -0.2) is 33.4 Å². The highest BCUT2D eigenvalue weighted by molar-refractivity contribution is 5.92. The Balaban J connectivity index is 1.79. The predicted molar refractivity (Wildman–Crippen MR) is 86.0 cm³/mol. The van der Waals surface area contributed by atoms with Gasteiger partial charge >= 0.3 is 0 Å². The van der Waals surface area contributed by atoms with Crippen LogP contribution < -0.4 is 5.32 Å². The Morgan fingerprint density at radius 1 is 1.42 bits per heavy atom. The second kappa shape index (κ2) is 6.82. The van der Waals surface area contributed by atoms with Gasteiger partial charge in [-0.25, -0.2) is 0 Å². The molecule has 7 nitrogen and oxygen atoms in total. The van der Waals surface area contributed by atoms with Crippen molar-refractivity contribution in [2.75, 3.05) is 6.54 Å². The molecule has 1 atom stereocenters. The minimum Gasteiger partial charge on any atom is -0.361 e. The molecule has 1 fully saturated rings. The Morgan fingerprint density at radius 2 is 2.25 bits per heavy atom. The van der Waals surface area contributed by atoms with E-state index in [1.54, 1.807) is 17.9 Å². The fourth-order valence-corrected chi connectivity index (χ4v) is 2.93. The zero-order chi connectivity index (χ0) is 17.1. The van der Waals surface area contributed by atoms with Crippen LogP contribution in [0.25, 0.3) is 0 Å². The minimum absolute atomic E-state index is 0.0771. The summed E-state index contributed by atoms with van der Waals surface area (Å²) in [5, 5.41) is 6.56. The molecule has 0 bridgehead atoms. The molecule has 2 aromatic heterocycles. The maximum Gasteiger partial charge on any atom is 0.276 e. The smallest absolute Gasteiger partial charge is 0.276 e. The van der Waals surface area contributed by atoms with Gasteiger partial charge in [-0.3, -0.25) is 14.6 Å². The number of carbonyl (C=O) groups is 2. The summed E-state index contributed by atoms with van der Waals surface area (Å²) < 4.78 is 5.01. The Labute approximate surface area is 140 Å². The highest BCUT2D eigenvalue weighted by Gasteiger charge is 2.32. The first kappa shape index (κ1) is 16.2. The first-order valence-electron chi connectivity index (χ1n) is 7.99. The van der Waals surface area contributed by atoms with Crippen molar-refractivity contribution in [2.45, 2.75) is 39.3 Å². The van der Waals surface area contributed by atoms with Crippen LogP contribution in [0, 0.1) is 6.92 Å². The summed E-state index contributed by atoms with van der Waals surface area (Å²) in [6.07, 6.45) is 1.78. The van der Waals surface area contributed by atoms with E-state index in [2.05, 4.69) is 15.5 Å². The van der Waals surface area contributed by atoms with Crippen LogP contribution >= 0.6 is 0 Å². The summed E-state index contributed by atoms with van der Waals surface area (Å²) in [6.45, 7) is 4.29. The molecule has 0 aromatic carbocycles. The van der Waals surface area contributed by atoms with Crippen LogP contribution in [0.2, 0.25) is 0 Å². The summed E-state index contributed by atoms with van der Waals surface area (Å²) >= 11 is 0. The van der Waals surface area contributed by atoms with E-state index >= 15 is 0 Å². The zero-order valence-electron chi connectivity index (χ0n) is 13.8. The van der Waals surface area contributed by atoms with Crippen molar-refractivity contribution in [3.8, 4) is 0 Å². The van der Waals surface area contributed by atoms with Gasteiger partial charge in [0.05, 0.1) is 24.0 Å². The van der Waals surface area contributed by atoms with Crippen molar-refractivity contribution in [1.29, 1.82) is 0 Å². The van der Waals surface area contributed by atoms with Crippen molar-refractivity contribution < 1.29 is 14.1 Å². The number of hydrogen-bond donors (Lipinski definition) is 1. The zero-order valence-corrected chi connectivity index (χ0v) is 13.8. The van der Waals surface area contributed by atoms with E-state index in [0.717, 1.165) is 24.2 Å². The van der Waals surface area contributed by atoms with Crippen LogP contribution in [0.3, 0.4) is 0 Å². The second-order valence-electron chi connectivity index (χ2n) is 5.94. The maximum absolute atomic E-state index is 12.7. The third-order valence-corrected chi connectivity index (χ3v) is 4.05. The van der Waals surface area contributed by atoms with Crippen LogP contribution in [0.5, 0.6) is 0 Å². The minimum atomic E-state index is -0.136. The van der Waals surface area contributed by atoms with Crippen LogP contribution in [-0.2, 0) is 11.3 Å². The van der Waals surface area contributed by atoms with Crippen molar-refractivity contribution in [3.63, 3.8) is 0 Å². The molecule has 0 spiro atoms. The van der Waals surface area contributed by atoms with Crippen LogP contribution in [0.1, 0.15) is 53.4 Å². The maximum atomic E-state index is 12.7. The number of hydrogen-bond acceptors (Lipinski definition) is 5. The number of aromatic nitrogens is 2. The quantitative estimate of drug-likeness (QED) is 0.927. The molecular formula is C17H20N4O3. The van der Waals surface area contributed by atoms with Gasteiger partial charge in [0.1, 0.15) is 5.76 Å². The van der Waals surface area contributed by atoms with E-state index in [1.807, 2.05) is 18.2 Å². The summed E-state index contributed by atoms with van der Waals surface area (Å²) in [4.78, 5) is 30.1. The van der Waals surface area contributed by atoms with Crippen molar-refractivity contribution >= 4 is 11.8 Å². The number of rotatable bonds is 4. The fourth-order valence-electron chi connectivity index (χ4n) is 2.93. The fraction of sp³-hybridized carbons (Fsp3) is 0.412. The Kier molecular flexibility index (Phi) is 4.59. The van der Waals surface area contributed by atoms with Gasteiger partial charge in [-0.2, -0.15) is 0 Å². The molecule has 2 aromatic rings. The number of nitrogens with one attached hydrogen (secondary N) is 1. The highest BCUT2D eigenvalue weighted by Crippen LogP contribution is 2.32. The summed E-state index contributed by atoms with van der Waals surface area (Å²) in [5.41, 5.74) is 1.94. The van der Waals surface area contributed by atoms with Gasteiger partial charge in [0, 0.05) is 19.5 Å². The van der Waals surface area contributed by atoms with E-state index in [4.69, 9.17) is 4.52 Å². The lowest BCUT2D eigenvalue weighted by molar-refractivity contribution is -0.119. The normalized spacial score (nSPS) is 17.1.